The monoisotopic (exact) mass is 518 g/mol. The molecule has 2 aromatic carbocycles. The minimum atomic E-state index is -1.14. The quantitative estimate of drug-likeness (QED) is 0.320. The second kappa shape index (κ2) is 9.45. The lowest BCUT2D eigenvalue weighted by atomic mass is 10.0. The van der Waals surface area contributed by atoms with Gasteiger partial charge in [0.25, 0.3) is 0 Å². The van der Waals surface area contributed by atoms with Gasteiger partial charge in [0.15, 0.2) is 5.82 Å². The Morgan fingerprint density at radius 2 is 1.73 bits per heavy atom. The van der Waals surface area contributed by atoms with Crippen molar-refractivity contribution in [3.63, 3.8) is 0 Å². The van der Waals surface area contributed by atoms with Crippen molar-refractivity contribution in [2.75, 3.05) is 5.32 Å². The Morgan fingerprint density at radius 1 is 1.00 bits per heavy atom. The molecule has 0 spiro atoms. The molecule has 0 fully saturated rings. The zero-order valence-electron chi connectivity index (χ0n) is 20.6. The van der Waals surface area contributed by atoms with Crippen LogP contribution in [0.1, 0.15) is 38.2 Å². The topological polar surface area (TPSA) is 115 Å². The van der Waals surface area contributed by atoms with Gasteiger partial charge in [0.2, 0.25) is 5.82 Å². The summed E-state index contributed by atoms with van der Waals surface area (Å²) in [6.07, 6.45) is 4.89. The van der Waals surface area contributed by atoms with Gasteiger partial charge in [-0.25, -0.2) is 14.4 Å². The van der Waals surface area contributed by atoms with Gasteiger partial charge in [-0.15, -0.1) is 10.2 Å². The number of halogens is 2. The average Bonchev–Trinajstić information content (AvgIpc) is 3.31. The van der Waals surface area contributed by atoms with Crippen LogP contribution in [0.3, 0.4) is 0 Å². The first kappa shape index (κ1) is 24.7. The Balaban J connectivity index is 1.51. The van der Waals surface area contributed by atoms with Gasteiger partial charge in [-0.1, -0.05) is 17.7 Å². The first-order valence-corrected chi connectivity index (χ1v) is 11.9. The molecule has 0 aliphatic rings. The molecular weight excluding hydrogens is 495 g/mol. The molecule has 11 heteroatoms. The number of anilines is 1. The predicted molar refractivity (Wildman–Crippen MR) is 139 cm³/mol. The number of aryl methyl sites for hydroxylation is 1. The van der Waals surface area contributed by atoms with Gasteiger partial charge in [-0.05, 0) is 61.9 Å². The van der Waals surface area contributed by atoms with Crippen molar-refractivity contribution in [3.05, 3.63) is 77.2 Å². The summed E-state index contributed by atoms with van der Waals surface area (Å²) in [6.45, 7) is 5.11. The van der Waals surface area contributed by atoms with Crippen LogP contribution < -0.4 is 5.32 Å². The number of fused-ring (bicyclic) bond motifs is 1. The zero-order chi connectivity index (χ0) is 26.3. The fourth-order valence-corrected chi connectivity index (χ4v) is 4.20. The first-order valence-electron chi connectivity index (χ1n) is 11.5. The van der Waals surface area contributed by atoms with Gasteiger partial charge in [-0.2, -0.15) is 4.80 Å². The van der Waals surface area contributed by atoms with Gasteiger partial charge in [0.05, 0.1) is 29.3 Å². The van der Waals surface area contributed by atoms with Crippen LogP contribution in [0.15, 0.2) is 55.0 Å². The van der Waals surface area contributed by atoms with E-state index in [0.29, 0.717) is 33.5 Å². The zero-order valence-corrected chi connectivity index (χ0v) is 21.4. The number of tetrazole rings is 1. The van der Waals surface area contributed by atoms with Gasteiger partial charge >= 0.3 is 0 Å². The number of benzene rings is 2. The van der Waals surface area contributed by atoms with Crippen LogP contribution in [-0.2, 0) is 12.6 Å². The summed E-state index contributed by atoms with van der Waals surface area (Å²) in [6, 6.07) is 9.99. The standard InChI is InChI=1S/C26H24ClFN8O/c1-14(18-10-16(5-7-21(18)28)24-33-35-36(4)34-24)32-23-19-9-15(6-8-22(19)29-13-20(23)27)17-11-30-25(31-12-17)26(2,3)37/h5-14,37H,1-4H3,(H,29,32). The van der Waals surface area contributed by atoms with Crippen molar-refractivity contribution in [3.8, 4) is 22.5 Å². The highest BCUT2D eigenvalue weighted by Gasteiger charge is 2.20. The Kier molecular flexibility index (Phi) is 6.30. The number of hydrogen-bond donors (Lipinski definition) is 2. The van der Waals surface area contributed by atoms with Crippen molar-refractivity contribution in [2.24, 2.45) is 7.05 Å². The smallest absolute Gasteiger partial charge is 0.204 e. The summed E-state index contributed by atoms with van der Waals surface area (Å²) < 4.78 is 14.9. The van der Waals surface area contributed by atoms with Crippen molar-refractivity contribution >= 4 is 28.2 Å². The van der Waals surface area contributed by atoms with Crippen molar-refractivity contribution < 1.29 is 9.50 Å². The number of rotatable bonds is 6. The lowest BCUT2D eigenvalue weighted by molar-refractivity contribution is 0.0687. The largest absolute Gasteiger partial charge is 0.382 e. The highest BCUT2D eigenvalue weighted by molar-refractivity contribution is 6.34. The number of nitrogens with one attached hydrogen (secondary N) is 1. The van der Waals surface area contributed by atoms with Gasteiger partial charge in [0, 0.05) is 40.7 Å². The van der Waals surface area contributed by atoms with Crippen LogP contribution >= 0.6 is 11.6 Å². The van der Waals surface area contributed by atoms with Crippen LogP contribution in [0, 0.1) is 5.82 Å². The number of nitrogens with zero attached hydrogens (tertiary/aromatic N) is 7. The number of hydrogen-bond acceptors (Lipinski definition) is 8. The van der Waals surface area contributed by atoms with E-state index >= 15 is 0 Å². The Morgan fingerprint density at radius 3 is 2.41 bits per heavy atom. The highest BCUT2D eigenvalue weighted by Crippen LogP contribution is 2.36. The molecule has 0 aliphatic heterocycles. The maximum absolute atomic E-state index is 14.9. The number of aliphatic hydroxyl groups is 1. The Hall–Kier alpha value is -4.02. The fourth-order valence-electron chi connectivity index (χ4n) is 4.00. The average molecular weight is 519 g/mol. The van der Waals surface area contributed by atoms with Crippen LogP contribution in [-0.4, -0.2) is 40.3 Å². The van der Waals surface area contributed by atoms with Crippen molar-refractivity contribution in [1.82, 2.24) is 35.2 Å². The predicted octanol–water partition coefficient (Wildman–Crippen LogP) is 5.08. The van der Waals surface area contributed by atoms with E-state index in [9.17, 15) is 9.50 Å². The molecule has 9 nitrogen and oxygen atoms in total. The molecule has 3 aromatic heterocycles. The molecule has 3 heterocycles. The van der Waals surface area contributed by atoms with Gasteiger partial charge in [-0.3, -0.25) is 4.98 Å². The van der Waals surface area contributed by atoms with E-state index in [-0.39, 0.29) is 5.82 Å². The lowest BCUT2D eigenvalue weighted by Gasteiger charge is -2.20. The molecule has 1 unspecified atom stereocenters. The molecule has 5 rings (SSSR count). The number of aromatic nitrogens is 7. The van der Waals surface area contributed by atoms with Crippen molar-refractivity contribution in [1.29, 1.82) is 0 Å². The van der Waals surface area contributed by atoms with Crippen LogP contribution in [0.25, 0.3) is 33.4 Å². The van der Waals surface area contributed by atoms with Crippen LogP contribution in [0.5, 0.6) is 0 Å². The maximum Gasteiger partial charge on any atom is 0.204 e. The summed E-state index contributed by atoms with van der Waals surface area (Å²) in [5.74, 6) is 0.372. The lowest BCUT2D eigenvalue weighted by Crippen LogP contribution is -2.19. The minimum absolute atomic E-state index is 0.332. The number of pyridine rings is 1. The second-order valence-corrected chi connectivity index (χ2v) is 9.68. The summed E-state index contributed by atoms with van der Waals surface area (Å²) in [4.78, 5) is 14.4. The normalized spacial score (nSPS) is 12.6. The molecule has 37 heavy (non-hydrogen) atoms. The highest BCUT2D eigenvalue weighted by atomic mass is 35.5. The van der Waals surface area contributed by atoms with E-state index in [1.54, 1.807) is 51.6 Å². The van der Waals surface area contributed by atoms with E-state index in [0.717, 1.165) is 22.0 Å². The maximum atomic E-state index is 14.9. The molecule has 188 valence electrons. The van der Waals surface area contributed by atoms with E-state index in [2.05, 4.69) is 35.7 Å². The molecule has 0 amide bonds. The molecular formula is C26H24ClFN8O. The fraction of sp³-hybridized carbons (Fsp3) is 0.231. The van der Waals surface area contributed by atoms with E-state index in [1.807, 2.05) is 25.1 Å². The van der Waals surface area contributed by atoms with Gasteiger partial charge < -0.3 is 10.4 Å². The van der Waals surface area contributed by atoms with Crippen LogP contribution in [0.2, 0.25) is 5.02 Å². The summed E-state index contributed by atoms with van der Waals surface area (Å²) in [5.41, 5.74) is 2.90. The Bertz CT molecular complexity index is 1600. The van der Waals surface area contributed by atoms with E-state index < -0.39 is 11.6 Å². The molecule has 5 aromatic rings. The third kappa shape index (κ3) is 4.98. The summed E-state index contributed by atoms with van der Waals surface area (Å²) >= 11 is 6.57. The first-order chi connectivity index (χ1) is 17.6. The Labute approximate surface area is 217 Å². The van der Waals surface area contributed by atoms with Crippen molar-refractivity contribution in [2.45, 2.75) is 32.4 Å². The summed E-state index contributed by atoms with van der Waals surface area (Å²) in [7, 11) is 1.67. The molecule has 1 atom stereocenters. The molecule has 0 saturated carbocycles. The van der Waals surface area contributed by atoms with Crippen LogP contribution in [0.4, 0.5) is 10.1 Å². The van der Waals surface area contributed by atoms with E-state index in [1.165, 1.54) is 10.9 Å². The molecule has 0 radical (unpaired) electrons. The van der Waals surface area contributed by atoms with E-state index in [4.69, 9.17) is 11.6 Å². The van der Waals surface area contributed by atoms with Gasteiger partial charge in [0.1, 0.15) is 11.4 Å². The summed E-state index contributed by atoms with van der Waals surface area (Å²) in [5, 5.41) is 26.7. The SMILES string of the molecule is CC(Nc1c(Cl)cnc2ccc(-c3cnc(C(C)(C)O)nc3)cc12)c1cc(-c2nnn(C)n2)ccc1F. The third-order valence-electron chi connectivity index (χ3n) is 5.94. The third-order valence-corrected chi connectivity index (χ3v) is 6.23. The minimum Gasteiger partial charge on any atom is -0.382 e. The molecule has 0 bridgehead atoms. The molecule has 0 aliphatic carbocycles. The molecule has 0 saturated heterocycles. The molecule has 2 N–H and O–H groups in total. The second-order valence-electron chi connectivity index (χ2n) is 9.27.